The predicted octanol–water partition coefficient (Wildman–Crippen LogP) is 4.32. The first-order valence-corrected chi connectivity index (χ1v) is 11.0. The van der Waals surface area contributed by atoms with Crippen molar-refractivity contribution in [1.29, 1.82) is 0 Å². The number of thiazole rings is 1. The van der Waals surface area contributed by atoms with Crippen LogP contribution in [-0.4, -0.2) is 35.3 Å². The zero-order valence-corrected chi connectivity index (χ0v) is 19.2. The normalized spacial score (nSPS) is 10.9. The molecule has 0 saturated heterocycles. The number of aryl methyl sites for hydroxylation is 2. The van der Waals surface area contributed by atoms with E-state index < -0.39 is 0 Å². The zero-order valence-electron chi connectivity index (χ0n) is 18.4. The van der Waals surface area contributed by atoms with Crippen LogP contribution in [0.15, 0.2) is 47.8 Å². The molecule has 1 aromatic heterocycles. The smallest absolute Gasteiger partial charge is 0.238 e. The number of aromatic nitrogens is 1. The third kappa shape index (κ3) is 6.73. The molecule has 31 heavy (non-hydrogen) atoms. The van der Waals surface area contributed by atoms with Crippen molar-refractivity contribution in [3.8, 4) is 0 Å². The van der Waals surface area contributed by atoms with Crippen LogP contribution in [0, 0.1) is 20.8 Å². The number of benzene rings is 2. The number of carbonyl (C=O) groups excluding carboxylic acids is 2. The van der Waals surface area contributed by atoms with E-state index in [2.05, 4.69) is 15.6 Å². The van der Waals surface area contributed by atoms with E-state index in [0.29, 0.717) is 6.54 Å². The summed E-state index contributed by atoms with van der Waals surface area (Å²) in [7, 11) is 1.88. The van der Waals surface area contributed by atoms with Crippen LogP contribution in [0.4, 0.5) is 11.4 Å². The van der Waals surface area contributed by atoms with Crippen molar-refractivity contribution >= 4 is 34.5 Å². The second-order valence-electron chi connectivity index (χ2n) is 7.79. The second-order valence-corrected chi connectivity index (χ2v) is 8.73. The Hall–Kier alpha value is -3.03. The van der Waals surface area contributed by atoms with E-state index in [-0.39, 0.29) is 24.8 Å². The van der Waals surface area contributed by atoms with E-state index in [1.807, 2.05) is 80.6 Å². The number of hydrogen-bond acceptors (Lipinski definition) is 5. The van der Waals surface area contributed by atoms with Crippen molar-refractivity contribution in [3.05, 3.63) is 75.2 Å². The summed E-state index contributed by atoms with van der Waals surface area (Å²) < 4.78 is 0. The van der Waals surface area contributed by atoms with E-state index in [1.165, 1.54) is 11.3 Å². The van der Waals surface area contributed by atoms with Crippen LogP contribution >= 0.6 is 11.3 Å². The van der Waals surface area contributed by atoms with E-state index in [0.717, 1.165) is 38.8 Å². The van der Waals surface area contributed by atoms with Crippen molar-refractivity contribution < 1.29 is 9.59 Å². The van der Waals surface area contributed by atoms with Crippen LogP contribution in [0.3, 0.4) is 0 Å². The van der Waals surface area contributed by atoms with Crippen LogP contribution in [0.5, 0.6) is 0 Å². The van der Waals surface area contributed by atoms with E-state index in [9.17, 15) is 9.59 Å². The quantitative estimate of drug-likeness (QED) is 0.552. The Labute approximate surface area is 187 Å². The first kappa shape index (κ1) is 22.7. The molecular weight excluding hydrogens is 408 g/mol. The van der Waals surface area contributed by atoms with Gasteiger partial charge in [-0.3, -0.25) is 14.5 Å². The van der Waals surface area contributed by atoms with Crippen molar-refractivity contribution in [2.24, 2.45) is 0 Å². The lowest BCUT2D eigenvalue weighted by Gasteiger charge is -2.16. The Kier molecular flexibility index (Phi) is 7.55. The second kappa shape index (κ2) is 10.3. The minimum absolute atomic E-state index is 0.0656. The summed E-state index contributed by atoms with van der Waals surface area (Å²) >= 11 is 1.46. The van der Waals surface area contributed by atoms with Gasteiger partial charge in [-0.25, -0.2) is 4.98 Å². The molecule has 0 fully saturated rings. The fourth-order valence-electron chi connectivity index (χ4n) is 3.14. The highest BCUT2D eigenvalue weighted by molar-refractivity contribution is 7.09. The van der Waals surface area contributed by atoms with Gasteiger partial charge in [0.2, 0.25) is 11.8 Å². The van der Waals surface area contributed by atoms with Gasteiger partial charge >= 0.3 is 0 Å². The van der Waals surface area contributed by atoms with Gasteiger partial charge in [0.1, 0.15) is 5.01 Å². The highest BCUT2D eigenvalue weighted by atomic mass is 32.1. The minimum Gasteiger partial charge on any atom is -0.326 e. The number of nitrogens with one attached hydrogen (secondary N) is 2. The summed E-state index contributed by atoms with van der Waals surface area (Å²) in [4.78, 5) is 31.1. The summed E-state index contributed by atoms with van der Waals surface area (Å²) in [6.45, 7) is 6.83. The molecule has 2 amide bonds. The van der Waals surface area contributed by atoms with Gasteiger partial charge in [0.15, 0.2) is 0 Å². The summed E-state index contributed by atoms with van der Waals surface area (Å²) in [5, 5.41) is 8.56. The summed E-state index contributed by atoms with van der Waals surface area (Å²) in [6.07, 6.45) is 0.232. The van der Waals surface area contributed by atoms with Gasteiger partial charge in [-0.15, -0.1) is 11.3 Å². The third-order valence-electron chi connectivity index (χ3n) is 4.97. The lowest BCUT2D eigenvalue weighted by molar-refractivity contribution is -0.117. The van der Waals surface area contributed by atoms with E-state index in [1.54, 1.807) is 0 Å². The molecule has 2 aromatic carbocycles. The van der Waals surface area contributed by atoms with Crippen LogP contribution in [0.2, 0.25) is 0 Å². The Balaban J connectivity index is 1.48. The van der Waals surface area contributed by atoms with Gasteiger partial charge in [0, 0.05) is 23.3 Å². The molecule has 0 radical (unpaired) electrons. The van der Waals surface area contributed by atoms with Gasteiger partial charge in [-0.1, -0.05) is 29.8 Å². The van der Waals surface area contributed by atoms with Crippen LogP contribution in [0.25, 0.3) is 0 Å². The maximum atomic E-state index is 12.4. The maximum Gasteiger partial charge on any atom is 0.238 e. The Morgan fingerprint density at radius 3 is 2.48 bits per heavy atom. The van der Waals surface area contributed by atoms with Crippen molar-refractivity contribution in [3.63, 3.8) is 0 Å². The van der Waals surface area contributed by atoms with Crippen molar-refractivity contribution in [1.82, 2.24) is 9.88 Å². The molecule has 3 aromatic rings. The average Bonchev–Trinajstić information content (AvgIpc) is 3.13. The maximum absolute atomic E-state index is 12.4. The molecule has 0 atom stereocenters. The lowest BCUT2D eigenvalue weighted by Crippen LogP contribution is -2.30. The molecule has 0 spiro atoms. The topological polar surface area (TPSA) is 74.3 Å². The molecule has 0 aliphatic rings. The van der Waals surface area contributed by atoms with Crippen LogP contribution < -0.4 is 10.6 Å². The molecule has 162 valence electrons. The molecule has 0 saturated carbocycles. The van der Waals surface area contributed by atoms with E-state index in [4.69, 9.17) is 0 Å². The van der Waals surface area contributed by atoms with Gasteiger partial charge in [0.25, 0.3) is 0 Å². The molecule has 0 aliphatic carbocycles. The van der Waals surface area contributed by atoms with Crippen molar-refractivity contribution in [2.75, 3.05) is 24.2 Å². The predicted molar refractivity (Wildman–Crippen MR) is 127 cm³/mol. The standard InChI is InChI=1S/C24H28N4O2S/c1-16-8-10-19(11-9-16)25-22(29)12-24-26-20(15-31-24)13-28(4)14-23(30)27-21-7-5-6-17(2)18(21)3/h5-11,15H,12-14H2,1-4H3,(H,25,29)(H,27,30). The highest BCUT2D eigenvalue weighted by Crippen LogP contribution is 2.18. The average molecular weight is 437 g/mol. The highest BCUT2D eigenvalue weighted by Gasteiger charge is 2.13. The molecule has 7 heteroatoms. The third-order valence-corrected chi connectivity index (χ3v) is 5.87. The number of nitrogens with zero attached hydrogens (tertiary/aromatic N) is 2. The first-order chi connectivity index (χ1) is 14.8. The summed E-state index contributed by atoms with van der Waals surface area (Å²) in [6, 6.07) is 13.6. The number of hydrogen-bond donors (Lipinski definition) is 2. The van der Waals surface area contributed by atoms with Crippen LogP contribution in [0.1, 0.15) is 27.4 Å². The number of rotatable bonds is 8. The molecule has 2 N–H and O–H groups in total. The Morgan fingerprint density at radius 1 is 1.00 bits per heavy atom. The molecule has 3 rings (SSSR count). The Morgan fingerprint density at radius 2 is 1.74 bits per heavy atom. The molecule has 1 heterocycles. The van der Waals surface area contributed by atoms with Crippen LogP contribution in [-0.2, 0) is 22.6 Å². The fraction of sp³-hybridized carbons (Fsp3) is 0.292. The van der Waals surface area contributed by atoms with Gasteiger partial charge < -0.3 is 10.6 Å². The van der Waals surface area contributed by atoms with E-state index >= 15 is 0 Å². The van der Waals surface area contributed by atoms with Gasteiger partial charge in [0.05, 0.1) is 18.7 Å². The Bertz CT molecular complexity index is 1060. The number of likely N-dealkylation sites (N-methyl/N-ethyl adjacent to an activating group) is 1. The number of amides is 2. The number of anilines is 2. The summed E-state index contributed by atoms with van der Waals surface area (Å²) in [5.41, 5.74) is 5.84. The molecule has 6 nitrogen and oxygen atoms in total. The number of carbonyl (C=O) groups is 2. The molecule has 0 unspecified atom stereocenters. The first-order valence-electron chi connectivity index (χ1n) is 10.1. The minimum atomic E-state index is -0.0917. The molecular formula is C24H28N4O2S. The SMILES string of the molecule is Cc1ccc(NC(=O)Cc2nc(CN(C)CC(=O)Nc3cccc(C)c3C)cs2)cc1. The van der Waals surface area contributed by atoms with Crippen molar-refractivity contribution in [2.45, 2.75) is 33.7 Å². The van der Waals surface area contributed by atoms with Gasteiger partial charge in [-0.2, -0.15) is 0 Å². The zero-order chi connectivity index (χ0) is 22.4. The largest absolute Gasteiger partial charge is 0.326 e. The monoisotopic (exact) mass is 436 g/mol. The molecule has 0 bridgehead atoms. The fourth-order valence-corrected chi connectivity index (χ4v) is 3.92. The summed E-state index contributed by atoms with van der Waals surface area (Å²) in [5.74, 6) is -0.157. The lowest BCUT2D eigenvalue weighted by atomic mass is 10.1. The van der Waals surface area contributed by atoms with Gasteiger partial charge in [-0.05, 0) is 57.1 Å². The molecule has 0 aliphatic heterocycles.